The van der Waals surface area contributed by atoms with Crippen molar-refractivity contribution in [2.45, 2.75) is 18.5 Å². The van der Waals surface area contributed by atoms with E-state index in [1.54, 1.807) is 12.1 Å². The molecule has 2 aromatic rings. The fourth-order valence-corrected chi connectivity index (χ4v) is 2.62. The number of hydrogen-bond donors (Lipinski definition) is 1. The third kappa shape index (κ3) is 4.04. The van der Waals surface area contributed by atoms with Crippen LogP contribution in [-0.2, 0) is 25.5 Å². The van der Waals surface area contributed by atoms with Crippen LogP contribution in [0.1, 0.15) is 27.3 Å². The van der Waals surface area contributed by atoms with Crippen LogP contribution in [-0.4, -0.2) is 26.9 Å². The van der Waals surface area contributed by atoms with Gasteiger partial charge in [0.2, 0.25) is 0 Å². The number of rotatable bonds is 5. The maximum atomic E-state index is 12.9. The first-order valence-electron chi connectivity index (χ1n) is 6.63. The molecule has 2 rings (SSSR count). The Bertz CT molecular complexity index is 700. The van der Waals surface area contributed by atoms with Gasteiger partial charge in [0.05, 0.1) is 24.0 Å². The zero-order valence-corrected chi connectivity index (χ0v) is 13.3. The highest BCUT2D eigenvalue weighted by Crippen LogP contribution is 2.31. The number of amides is 1. The van der Waals surface area contributed by atoms with Crippen molar-refractivity contribution in [3.8, 4) is 0 Å². The zero-order valence-electron chi connectivity index (χ0n) is 12.5. The summed E-state index contributed by atoms with van der Waals surface area (Å²) in [6.07, 6.45) is -0.394. The van der Waals surface area contributed by atoms with Crippen LogP contribution in [0.2, 0.25) is 0 Å². The number of halogens is 3. The third-order valence-corrected chi connectivity index (χ3v) is 3.79. The van der Waals surface area contributed by atoms with E-state index in [-0.39, 0.29) is 17.9 Å². The van der Waals surface area contributed by atoms with Gasteiger partial charge in [0.15, 0.2) is 0 Å². The van der Waals surface area contributed by atoms with E-state index in [1.165, 1.54) is 25.0 Å². The van der Waals surface area contributed by atoms with Gasteiger partial charge in [-0.3, -0.25) is 14.5 Å². The Morgan fingerprint density at radius 2 is 2.17 bits per heavy atom. The van der Waals surface area contributed by atoms with Crippen LogP contribution < -0.4 is 5.32 Å². The van der Waals surface area contributed by atoms with Crippen LogP contribution in [0.25, 0.3) is 0 Å². The zero-order chi connectivity index (χ0) is 17.0. The smallest absolute Gasteiger partial charge is 0.345 e. The Kier molecular flexibility index (Phi) is 5.30. The maximum Gasteiger partial charge on any atom is 0.419 e. The fourth-order valence-electron chi connectivity index (χ4n) is 2.07. The Labute approximate surface area is 135 Å². The lowest BCUT2D eigenvalue weighted by molar-refractivity contribution is -0.138. The normalized spacial score (nSPS) is 11.5. The van der Waals surface area contributed by atoms with Crippen molar-refractivity contribution < 1.29 is 18.0 Å². The molecule has 0 bridgehead atoms. The Morgan fingerprint density at radius 1 is 1.43 bits per heavy atom. The van der Waals surface area contributed by atoms with Crippen LogP contribution in [0.5, 0.6) is 0 Å². The van der Waals surface area contributed by atoms with Gasteiger partial charge in [0.25, 0.3) is 5.91 Å². The SMILES string of the molecule is CSCc1cccnc1C(=O)NCc1c(C(F)(F)F)cnn1C. The van der Waals surface area contributed by atoms with Crippen LogP contribution >= 0.6 is 11.8 Å². The second-order valence-electron chi connectivity index (χ2n) is 4.75. The predicted octanol–water partition coefficient (Wildman–Crippen LogP) is 2.63. The molecule has 23 heavy (non-hydrogen) atoms. The van der Waals surface area contributed by atoms with Crippen molar-refractivity contribution in [3.05, 3.63) is 47.0 Å². The van der Waals surface area contributed by atoms with E-state index in [9.17, 15) is 18.0 Å². The molecule has 1 amide bonds. The first kappa shape index (κ1) is 17.3. The Morgan fingerprint density at radius 3 is 2.83 bits per heavy atom. The fraction of sp³-hybridized carbons (Fsp3) is 0.357. The first-order valence-corrected chi connectivity index (χ1v) is 8.03. The summed E-state index contributed by atoms with van der Waals surface area (Å²) in [5, 5.41) is 6.09. The Hall–Kier alpha value is -2.03. The second-order valence-corrected chi connectivity index (χ2v) is 5.62. The summed E-state index contributed by atoms with van der Waals surface area (Å²) in [5.41, 5.74) is -0.00464. The molecular formula is C14H15F3N4OS. The second kappa shape index (κ2) is 7.03. The van der Waals surface area contributed by atoms with Crippen LogP contribution in [0, 0.1) is 0 Å². The number of alkyl halides is 3. The number of thioether (sulfide) groups is 1. The molecule has 9 heteroatoms. The number of nitrogens with zero attached hydrogens (tertiary/aromatic N) is 3. The minimum Gasteiger partial charge on any atom is -0.345 e. The van der Waals surface area contributed by atoms with E-state index >= 15 is 0 Å². The van der Waals surface area contributed by atoms with Crippen LogP contribution in [0.15, 0.2) is 24.5 Å². The minimum atomic E-state index is -4.51. The van der Waals surface area contributed by atoms with Gasteiger partial charge in [0, 0.05) is 19.0 Å². The highest BCUT2D eigenvalue weighted by molar-refractivity contribution is 7.97. The van der Waals surface area contributed by atoms with E-state index < -0.39 is 17.6 Å². The van der Waals surface area contributed by atoms with Gasteiger partial charge >= 0.3 is 6.18 Å². The molecule has 0 radical (unpaired) electrons. The number of pyridine rings is 1. The minimum absolute atomic E-state index is 0.104. The standard InChI is InChI=1S/C14H15F3N4OS/c1-21-11(10(6-20-21)14(15,16)17)7-19-13(22)12-9(8-23-2)4-3-5-18-12/h3-6H,7-8H2,1-2H3,(H,19,22). The molecule has 0 aromatic carbocycles. The Balaban J connectivity index is 2.16. The maximum absolute atomic E-state index is 12.9. The van der Waals surface area contributed by atoms with Crippen molar-refractivity contribution in [1.82, 2.24) is 20.1 Å². The molecule has 0 atom stereocenters. The van der Waals surface area contributed by atoms with Gasteiger partial charge in [-0.1, -0.05) is 6.07 Å². The number of nitrogens with one attached hydrogen (secondary N) is 1. The molecule has 0 spiro atoms. The monoisotopic (exact) mass is 344 g/mol. The number of aromatic nitrogens is 3. The molecule has 2 aromatic heterocycles. The van der Waals surface area contributed by atoms with Crippen molar-refractivity contribution in [2.75, 3.05) is 6.26 Å². The molecule has 1 N–H and O–H groups in total. The molecular weight excluding hydrogens is 329 g/mol. The molecule has 0 unspecified atom stereocenters. The topological polar surface area (TPSA) is 59.8 Å². The lowest BCUT2D eigenvalue weighted by Crippen LogP contribution is -2.27. The molecule has 0 aliphatic heterocycles. The number of hydrogen-bond acceptors (Lipinski definition) is 4. The number of carbonyl (C=O) groups is 1. The highest BCUT2D eigenvalue weighted by atomic mass is 32.2. The summed E-state index contributed by atoms with van der Waals surface area (Å²) in [7, 11) is 1.40. The van der Waals surface area contributed by atoms with Gasteiger partial charge in [-0.15, -0.1) is 0 Å². The molecule has 0 saturated heterocycles. The molecule has 0 aliphatic rings. The van der Waals surface area contributed by atoms with Gasteiger partial charge in [-0.05, 0) is 17.9 Å². The number of carbonyl (C=O) groups excluding carboxylic acids is 1. The molecule has 2 heterocycles. The van der Waals surface area contributed by atoms with Crippen LogP contribution in [0.3, 0.4) is 0 Å². The van der Waals surface area contributed by atoms with Gasteiger partial charge in [-0.2, -0.15) is 30.0 Å². The summed E-state index contributed by atoms with van der Waals surface area (Å²) in [5.74, 6) is 0.0831. The lowest BCUT2D eigenvalue weighted by atomic mass is 10.2. The van der Waals surface area contributed by atoms with Crippen molar-refractivity contribution in [1.29, 1.82) is 0 Å². The average molecular weight is 344 g/mol. The summed E-state index contributed by atoms with van der Waals surface area (Å²) in [6.45, 7) is -0.278. The van der Waals surface area contributed by atoms with Crippen molar-refractivity contribution >= 4 is 17.7 Å². The van der Waals surface area contributed by atoms with Gasteiger partial charge < -0.3 is 5.32 Å². The largest absolute Gasteiger partial charge is 0.419 e. The third-order valence-electron chi connectivity index (χ3n) is 3.19. The summed E-state index contributed by atoms with van der Waals surface area (Å²) < 4.78 is 39.8. The van der Waals surface area contributed by atoms with E-state index in [4.69, 9.17) is 0 Å². The lowest BCUT2D eigenvalue weighted by Gasteiger charge is -2.11. The quantitative estimate of drug-likeness (QED) is 0.906. The predicted molar refractivity (Wildman–Crippen MR) is 80.8 cm³/mol. The molecule has 0 saturated carbocycles. The van der Waals surface area contributed by atoms with E-state index in [0.29, 0.717) is 5.75 Å². The first-order chi connectivity index (χ1) is 10.8. The van der Waals surface area contributed by atoms with Gasteiger partial charge in [-0.25, -0.2) is 0 Å². The van der Waals surface area contributed by atoms with Crippen molar-refractivity contribution in [3.63, 3.8) is 0 Å². The molecule has 0 fully saturated rings. The number of aryl methyl sites for hydroxylation is 1. The summed E-state index contributed by atoms with van der Waals surface area (Å²) in [6, 6.07) is 3.48. The van der Waals surface area contributed by atoms with E-state index in [1.807, 2.05) is 6.26 Å². The molecule has 124 valence electrons. The van der Waals surface area contributed by atoms with E-state index in [2.05, 4.69) is 15.4 Å². The average Bonchev–Trinajstić information content (AvgIpc) is 2.87. The van der Waals surface area contributed by atoms with Gasteiger partial charge in [0.1, 0.15) is 5.69 Å². The summed E-state index contributed by atoms with van der Waals surface area (Å²) >= 11 is 1.53. The molecule has 5 nitrogen and oxygen atoms in total. The molecule has 0 aliphatic carbocycles. The van der Waals surface area contributed by atoms with Crippen molar-refractivity contribution in [2.24, 2.45) is 7.05 Å². The van der Waals surface area contributed by atoms with Crippen LogP contribution in [0.4, 0.5) is 13.2 Å². The van der Waals surface area contributed by atoms with E-state index in [0.717, 1.165) is 16.4 Å². The highest BCUT2D eigenvalue weighted by Gasteiger charge is 2.35. The summed E-state index contributed by atoms with van der Waals surface area (Å²) in [4.78, 5) is 16.2.